The Morgan fingerprint density at radius 1 is 1.00 bits per heavy atom. The SMILES string of the molecule is COc1ccc(N=N/C(=C/O)C(=O)c2ccc(C(C)=O)cc2)cc1. The molecule has 0 radical (unpaired) electrons. The summed E-state index contributed by atoms with van der Waals surface area (Å²) in [6, 6.07) is 12.9. The van der Waals surface area contributed by atoms with Gasteiger partial charge in [-0.2, -0.15) is 5.11 Å². The van der Waals surface area contributed by atoms with Gasteiger partial charge in [0, 0.05) is 11.1 Å². The van der Waals surface area contributed by atoms with Gasteiger partial charge in [0.2, 0.25) is 5.78 Å². The Hall–Kier alpha value is -3.28. The van der Waals surface area contributed by atoms with Gasteiger partial charge in [-0.05, 0) is 31.2 Å². The average molecular weight is 324 g/mol. The van der Waals surface area contributed by atoms with Gasteiger partial charge in [0.1, 0.15) is 12.0 Å². The van der Waals surface area contributed by atoms with E-state index in [1.54, 1.807) is 43.5 Å². The highest BCUT2D eigenvalue weighted by atomic mass is 16.5. The molecule has 0 heterocycles. The van der Waals surface area contributed by atoms with Crippen molar-refractivity contribution in [2.24, 2.45) is 10.2 Å². The third-order valence-corrected chi connectivity index (χ3v) is 3.25. The lowest BCUT2D eigenvalue weighted by molar-refractivity contribution is 0.101. The summed E-state index contributed by atoms with van der Waals surface area (Å²) >= 11 is 0. The van der Waals surface area contributed by atoms with Crippen LogP contribution in [-0.2, 0) is 0 Å². The number of hydrogen-bond donors (Lipinski definition) is 1. The number of nitrogens with zero attached hydrogens (tertiary/aromatic N) is 2. The van der Waals surface area contributed by atoms with E-state index < -0.39 is 5.78 Å². The Bertz CT molecular complexity index is 791. The molecule has 2 aromatic carbocycles. The molecule has 6 heteroatoms. The molecule has 0 bridgehead atoms. The number of allylic oxidation sites excluding steroid dienone is 1. The van der Waals surface area contributed by atoms with Crippen LogP contribution in [0.1, 0.15) is 27.6 Å². The molecule has 2 aromatic rings. The summed E-state index contributed by atoms with van der Waals surface area (Å²) in [7, 11) is 1.55. The van der Waals surface area contributed by atoms with Gasteiger partial charge in [-0.15, -0.1) is 5.11 Å². The standard InChI is InChI=1S/C18H16N2O4/c1-12(22)13-3-5-14(6-4-13)18(23)17(11-21)20-19-15-7-9-16(24-2)10-8-15/h3-11,21H,1-2H3/b17-11+,20-19?. The van der Waals surface area contributed by atoms with Crippen LogP contribution >= 0.6 is 0 Å². The number of ketones is 2. The van der Waals surface area contributed by atoms with Crippen molar-refractivity contribution in [1.82, 2.24) is 0 Å². The molecule has 1 N–H and O–H groups in total. The largest absolute Gasteiger partial charge is 0.513 e. The molecular formula is C18H16N2O4. The predicted molar refractivity (Wildman–Crippen MR) is 89.0 cm³/mol. The van der Waals surface area contributed by atoms with Crippen LogP contribution in [0.5, 0.6) is 5.75 Å². The van der Waals surface area contributed by atoms with E-state index >= 15 is 0 Å². The lowest BCUT2D eigenvalue weighted by atomic mass is 10.1. The number of rotatable bonds is 6. The molecule has 0 saturated carbocycles. The number of benzene rings is 2. The zero-order valence-corrected chi connectivity index (χ0v) is 13.3. The Labute approximate surface area is 139 Å². The van der Waals surface area contributed by atoms with Gasteiger partial charge in [-0.3, -0.25) is 9.59 Å². The third kappa shape index (κ3) is 4.13. The van der Waals surface area contributed by atoms with Crippen molar-refractivity contribution >= 4 is 17.3 Å². The van der Waals surface area contributed by atoms with Gasteiger partial charge in [0.25, 0.3) is 0 Å². The number of hydrogen-bond acceptors (Lipinski definition) is 6. The average Bonchev–Trinajstić information content (AvgIpc) is 2.62. The van der Waals surface area contributed by atoms with Crippen molar-refractivity contribution in [3.05, 3.63) is 71.6 Å². The highest BCUT2D eigenvalue weighted by Gasteiger charge is 2.13. The number of carbonyl (C=O) groups excluding carboxylic acids is 2. The first-order chi connectivity index (χ1) is 11.5. The first-order valence-corrected chi connectivity index (χ1v) is 7.11. The van der Waals surface area contributed by atoms with Gasteiger partial charge in [0.15, 0.2) is 11.5 Å². The fraction of sp³-hybridized carbons (Fsp3) is 0.111. The number of aliphatic hydroxyl groups excluding tert-OH is 1. The Balaban J connectivity index is 2.16. The Morgan fingerprint density at radius 3 is 2.08 bits per heavy atom. The van der Waals surface area contributed by atoms with Crippen LogP contribution in [0.25, 0.3) is 0 Å². The molecule has 0 amide bonds. The summed E-state index contributed by atoms with van der Waals surface area (Å²) in [6.07, 6.45) is 0.605. The first kappa shape index (κ1) is 17.1. The molecule has 0 atom stereocenters. The van der Waals surface area contributed by atoms with Crippen LogP contribution in [0.3, 0.4) is 0 Å². The van der Waals surface area contributed by atoms with Crippen LogP contribution in [0.4, 0.5) is 5.69 Å². The summed E-state index contributed by atoms with van der Waals surface area (Å²) < 4.78 is 5.04. The van der Waals surface area contributed by atoms with Crippen molar-refractivity contribution in [3.63, 3.8) is 0 Å². The second-order valence-corrected chi connectivity index (χ2v) is 4.88. The van der Waals surface area contributed by atoms with Gasteiger partial charge < -0.3 is 9.84 Å². The molecule has 0 saturated heterocycles. The van der Waals surface area contributed by atoms with Gasteiger partial charge in [0.05, 0.1) is 12.8 Å². The predicted octanol–water partition coefficient (Wildman–Crippen LogP) is 4.26. The molecule has 24 heavy (non-hydrogen) atoms. The zero-order chi connectivity index (χ0) is 17.5. The third-order valence-electron chi connectivity index (χ3n) is 3.25. The van der Waals surface area contributed by atoms with Crippen LogP contribution in [-0.4, -0.2) is 23.8 Å². The van der Waals surface area contributed by atoms with Gasteiger partial charge in [-0.1, -0.05) is 24.3 Å². The molecular weight excluding hydrogens is 308 g/mol. The second kappa shape index (κ2) is 7.82. The molecule has 2 rings (SSSR count). The molecule has 0 unspecified atom stereocenters. The molecule has 122 valence electrons. The van der Waals surface area contributed by atoms with E-state index in [1.165, 1.54) is 19.1 Å². The number of carbonyl (C=O) groups is 2. The molecule has 0 aliphatic heterocycles. The molecule has 0 aliphatic carbocycles. The fourth-order valence-electron chi connectivity index (χ4n) is 1.89. The van der Waals surface area contributed by atoms with Crippen molar-refractivity contribution in [1.29, 1.82) is 0 Å². The number of azo groups is 1. The van der Waals surface area contributed by atoms with Crippen molar-refractivity contribution in [3.8, 4) is 5.75 Å². The summed E-state index contributed by atoms with van der Waals surface area (Å²) in [5, 5.41) is 16.9. The fourth-order valence-corrected chi connectivity index (χ4v) is 1.89. The lowest BCUT2D eigenvalue weighted by Crippen LogP contribution is -2.02. The lowest BCUT2D eigenvalue weighted by Gasteiger charge is -2.02. The van der Waals surface area contributed by atoms with Crippen molar-refractivity contribution in [2.75, 3.05) is 7.11 Å². The van der Waals surface area contributed by atoms with E-state index in [-0.39, 0.29) is 11.5 Å². The molecule has 0 fully saturated rings. The van der Waals surface area contributed by atoms with Crippen molar-refractivity contribution < 1.29 is 19.4 Å². The second-order valence-electron chi connectivity index (χ2n) is 4.88. The summed E-state index contributed by atoms with van der Waals surface area (Å²) in [4.78, 5) is 23.5. The number of aliphatic hydroxyl groups is 1. The topological polar surface area (TPSA) is 88.3 Å². The smallest absolute Gasteiger partial charge is 0.216 e. The van der Waals surface area contributed by atoms with Crippen LogP contribution in [0.2, 0.25) is 0 Å². The van der Waals surface area contributed by atoms with Crippen LogP contribution in [0, 0.1) is 0 Å². The normalized spacial score (nSPS) is 11.5. The van der Waals surface area contributed by atoms with Crippen LogP contribution in [0.15, 0.2) is 70.7 Å². The van der Waals surface area contributed by atoms with E-state index in [9.17, 15) is 14.7 Å². The number of ether oxygens (including phenoxy) is 1. The van der Waals surface area contributed by atoms with E-state index in [4.69, 9.17) is 4.74 Å². The van der Waals surface area contributed by atoms with E-state index in [0.29, 0.717) is 28.8 Å². The highest BCUT2D eigenvalue weighted by molar-refractivity contribution is 6.08. The monoisotopic (exact) mass is 324 g/mol. The van der Waals surface area contributed by atoms with Gasteiger partial charge in [-0.25, -0.2) is 0 Å². The summed E-state index contributed by atoms with van der Waals surface area (Å²) in [5.74, 6) is 0.0875. The van der Waals surface area contributed by atoms with E-state index in [1.807, 2.05) is 0 Å². The maximum atomic E-state index is 12.3. The molecule has 0 aromatic heterocycles. The highest BCUT2D eigenvalue weighted by Crippen LogP contribution is 2.20. The maximum absolute atomic E-state index is 12.3. The number of methoxy groups -OCH3 is 1. The minimum Gasteiger partial charge on any atom is -0.513 e. The minimum atomic E-state index is -0.495. The van der Waals surface area contributed by atoms with Crippen LogP contribution < -0.4 is 4.74 Å². The van der Waals surface area contributed by atoms with Crippen molar-refractivity contribution in [2.45, 2.75) is 6.92 Å². The number of Topliss-reactive ketones (excluding diaryl/α,β-unsaturated/α-hetero) is 2. The van der Waals surface area contributed by atoms with Gasteiger partial charge >= 0.3 is 0 Å². The summed E-state index contributed by atoms with van der Waals surface area (Å²) in [6.45, 7) is 1.44. The van der Waals surface area contributed by atoms with E-state index in [2.05, 4.69) is 10.2 Å². The Kier molecular flexibility index (Phi) is 5.57. The minimum absolute atomic E-state index is 0.0916. The first-order valence-electron chi connectivity index (χ1n) is 7.11. The zero-order valence-electron chi connectivity index (χ0n) is 13.3. The Morgan fingerprint density at radius 2 is 1.58 bits per heavy atom. The molecule has 6 nitrogen and oxygen atoms in total. The van der Waals surface area contributed by atoms with E-state index in [0.717, 1.165) is 0 Å². The molecule has 0 spiro atoms. The summed E-state index contributed by atoms with van der Waals surface area (Å²) in [5.41, 5.74) is 1.10. The maximum Gasteiger partial charge on any atom is 0.216 e. The molecule has 0 aliphatic rings. The quantitative estimate of drug-likeness (QED) is 0.372.